The van der Waals surface area contributed by atoms with E-state index in [1.54, 1.807) is 18.0 Å². The molecule has 0 bridgehead atoms. The van der Waals surface area contributed by atoms with Crippen molar-refractivity contribution in [1.82, 2.24) is 9.62 Å². The zero-order valence-corrected chi connectivity index (χ0v) is 23.0. The number of aliphatic carboxylic acids is 1. The SMILES string of the molecule is CCc1cc(CCCC(=O)O)ccc1SN(C)CC(C)CNC(C)(C)CCCc1ccc(F)s1. The molecule has 34 heavy (non-hydrogen) atoms. The van der Waals surface area contributed by atoms with Crippen LogP contribution in [-0.2, 0) is 24.1 Å². The Kier molecular flexibility index (Phi) is 12.1. The van der Waals surface area contributed by atoms with Crippen molar-refractivity contribution >= 4 is 29.3 Å². The van der Waals surface area contributed by atoms with Gasteiger partial charge in [-0.25, -0.2) is 4.31 Å². The van der Waals surface area contributed by atoms with E-state index in [2.05, 4.69) is 62.6 Å². The van der Waals surface area contributed by atoms with Crippen LogP contribution in [0.5, 0.6) is 0 Å². The molecule has 0 aliphatic heterocycles. The van der Waals surface area contributed by atoms with Crippen LogP contribution in [0.25, 0.3) is 0 Å². The molecule has 1 atom stereocenters. The topological polar surface area (TPSA) is 52.6 Å². The number of rotatable bonds is 16. The molecule has 0 saturated carbocycles. The Hall–Kier alpha value is -1.41. The van der Waals surface area contributed by atoms with Gasteiger partial charge in [-0.3, -0.25) is 4.79 Å². The van der Waals surface area contributed by atoms with Gasteiger partial charge in [0.1, 0.15) is 0 Å². The summed E-state index contributed by atoms with van der Waals surface area (Å²) in [5, 5.41) is 12.5. The summed E-state index contributed by atoms with van der Waals surface area (Å²) >= 11 is 3.04. The first kappa shape index (κ1) is 28.8. The number of thiophene rings is 1. The molecular formula is C27H41FN2O2S2. The van der Waals surface area contributed by atoms with Crippen molar-refractivity contribution < 1.29 is 14.3 Å². The Labute approximate surface area is 213 Å². The van der Waals surface area contributed by atoms with Crippen molar-refractivity contribution in [3.63, 3.8) is 0 Å². The van der Waals surface area contributed by atoms with Crippen molar-refractivity contribution in [1.29, 1.82) is 0 Å². The minimum absolute atomic E-state index is 0.0572. The molecule has 1 heterocycles. The fourth-order valence-corrected chi connectivity index (χ4v) is 5.92. The first-order valence-corrected chi connectivity index (χ1v) is 13.9. The van der Waals surface area contributed by atoms with Crippen LogP contribution in [0.4, 0.5) is 4.39 Å². The number of hydrogen-bond acceptors (Lipinski definition) is 5. The van der Waals surface area contributed by atoms with Crippen molar-refractivity contribution in [2.75, 3.05) is 20.1 Å². The van der Waals surface area contributed by atoms with E-state index in [4.69, 9.17) is 5.11 Å². The molecule has 0 saturated heterocycles. The molecule has 1 aromatic heterocycles. The minimum atomic E-state index is -0.730. The normalized spacial score (nSPS) is 12.9. The van der Waals surface area contributed by atoms with Gasteiger partial charge >= 0.3 is 5.97 Å². The van der Waals surface area contributed by atoms with E-state index in [1.165, 1.54) is 27.4 Å². The Morgan fingerprint density at radius 3 is 2.65 bits per heavy atom. The molecule has 4 nitrogen and oxygen atoms in total. The highest BCUT2D eigenvalue weighted by atomic mass is 32.2. The second kappa shape index (κ2) is 14.2. The van der Waals surface area contributed by atoms with Gasteiger partial charge in [-0.1, -0.05) is 26.0 Å². The molecule has 1 unspecified atom stereocenters. The third kappa shape index (κ3) is 10.9. The summed E-state index contributed by atoms with van der Waals surface area (Å²) in [6.45, 7) is 10.9. The van der Waals surface area contributed by atoms with Gasteiger partial charge in [0.15, 0.2) is 5.13 Å². The monoisotopic (exact) mass is 508 g/mol. The molecular weight excluding hydrogens is 467 g/mol. The highest BCUT2D eigenvalue weighted by molar-refractivity contribution is 7.97. The lowest BCUT2D eigenvalue weighted by atomic mass is 9.96. The van der Waals surface area contributed by atoms with E-state index >= 15 is 0 Å². The van der Waals surface area contributed by atoms with Gasteiger partial charge in [0.25, 0.3) is 0 Å². The molecule has 7 heteroatoms. The van der Waals surface area contributed by atoms with Crippen LogP contribution in [0.3, 0.4) is 0 Å². The van der Waals surface area contributed by atoms with Gasteiger partial charge in [0, 0.05) is 28.3 Å². The van der Waals surface area contributed by atoms with Gasteiger partial charge in [0.2, 0.25) is 0 Å². The fraction of sp³-hybridized carbons (Fsp3) is 0.593. The highest BCUT2D eigenvalue weighted by Gasteiger charge is 2.19. The summed E-state index contributed by atoms with van der Waals surface area (Å²) in [7, 11) is 2.15. The summed E-state index contributed by atoms with van der Waals surface area (Å²) in [6.07, 6.45) is 5.72. The maximum atomic E-state index is 13.2. The lowest BCUT2D eigenvalue weighted by Crippen LogP contribution is -2.43. The van der Waals surface area contributed by atoms with Crippen LogP contribution in [0.2, 0.25) is 0 Å². The molecule has 190 valence electrons. The average Bonchev–Trinajstić information content (AvgIpc) is 3.17. The van der Waals surface area contributed by atoms with Crippen LogP contribution < -0.4 is 5.32 Å². The van der Waals surface area contributed by atoms with Crippen molar-refractivity contribution in [3.05, 3.63) is 51.5 Å². The largest absolute Gasteiger partial charge is 0.481 e. The number of nitrogens with zero attached hydrogens (tertiary/aromatic N) is 1. The summed E-state index contributed by atoms with van der Waals surface area (Å²) in [4.78, 5) is 13.2. The molecule has 1 aromatic carbocycles. The smallest absolute Gasteiger partial charge is 0.303 e. The third-order valence-corrected chi connectivity index (χ3v) is 7.96. The second-order valence-corrected chi connectivity index (χ2v) is 12.2. The number of halogens is 1. The van der Waals surface area contributed by atoms with E-state index in [0.29, 0.717) is 12.3 Å². The van der Waals surface area contributed by atoms with Crippen LogP contribution >= 0.6 is 23.3 Å². The zero-order chi connectivity index (χ0) is 25.1. The number of carboxylic acid groups (broad SMARTS) is 1. The van der Waals surface area contributed by atoms with Gasteiger partial charge in [-0.05, 0) is 113 Å². The van der Waals surface area contributed by atoms with Crippen molar-refractivity contribution in [2.24, 2.45) is 5.92 Å². The molecule has 0 aliphatic rings. The number of carbonyl (C=O) groups is 1. The highest BCUT2D eigenvalue weighted by Crippen LogP contribution is 2.28. The number of benzene rings is 1. The van der Waals surface area contributed by atoms with E-state index in [-0.39, 0.29) is 17.1 Å². The van der Waals surface area contributed by atoms with Crippen molar-refractivity contribution in [3.8, 4) is 0 Å². The summed E-state index contributed by atoms with van der Waals surface area (Å²) < 4.78 is 15.5. The van der Waals surface area contributed by atoms with Gasteiger partial charge in [0.05, 0.1) is 0 Å². The predicted octanol–water partition coefficient (Wildman–Crippen LogP) is 6.82. The molecule has 2 rings (SSSR count). The average molecular weight is 509 g/mol. The predicted molar refractivity (Wildman–Crippen MR) is 143 cm³/mol. The Balaban J connectivity index is 1.75. The zero-order valence-electron chi connectivity index (χ0n) is 21.3. The van der Waals surface area contributed by atoms with E-state index in [0.717, 1.165) is 50.1 Å². The van der Waals surface area contributed by atoms with Gasteiger partial charge in [-0.2, -0.15) is 4.39 Å². The Morgan fingerprint density at radius 1 is 1.24 bits per heavy atom. The molecule has 0 aliphatic carbocycles. The summed E-state index contributed by atoms with van der Waals surface area (Å²) in [5.41, 5.74) is 2.60. The lowest BCUT2D eigenvalue weighted by molar-refractivity contribution is -0.137. The lowest BCUT2D eigenvalue weighted by Gasteiger charge is -2.29. The number of hydrogen-bond donors (Lipinski definition) is 2. The van der Waals surface area contributed by atoms with Gasteiger partial charge < -0.3 is 10.4 Å². The maximum Gasteiger partial charge on any atom is 0.303 e. The summed E-state index contributed by atoms with van der Waals surface area (Å²) in [6, 6.07) is 10.00. The standard InChI is InChI=1S/C27H41FN2O2S2/c1-6-22-17-21(9-7-11-26(31)32)12-14-24(22)34-30(5)19-20(2)18-29-27(3,4)16-8-10-23-13-15-25(28)33-23/h12-15,17,20,29H,6-11,16,18-19H2,1-5H3,(H,31,32). The molecule has 0 radical (unpaired) electrons. The molecule has 2 aromatic rings. The van der Waals surface area contributed by atoms with Crippen LogP contribution in [0, 0.1) is 11.0 Å². The number of carboxylic acids is 1. The molecule has 2 N–H and O–H groups in total. The molecule has 0 fully saturated rings. The van der Waals surface area contributed by atoms with E-state index in [9.17, 15) is 9.18 Å². The third-order valence-electron chi connectivity index (χ3n) is 5.97. The quantitative estimate of drug-likeness (QED) is 0.244. The summed E-state index contributed by atoms with van der Waals surface area (Å²) in [5.74, 6) is -0.227. The van der Waals surface area contributed by atoms with Crippen LogP contribution in [0.1, 0.15) is 69.4 Å². The number of nitrogens with one attached hydrogen (secondary N) is 1. The van der Waals surface area contributed by atoms with Gasteiger partial charge in [-0.15, -0.1) is 11.3 Å². The van der Waals surface area contributed by atoms with Crippen LogP contribution in [-0.4, -0.2) is 41.1 Å². The molecule has 0 spiro atoms. The first-order valence-electron chi connectivity index (χ1n) is 12.3. The van der Waals surface area contributed by atoms with Crippen LogP contribution in [0.15, 0.2) is 35.2 Å². The van der Waals surface area contributed by atoms with Crippen molar-refractivity contribution in [2.45, 2.75) is 83.1 Å². The molecule has 0 amide bonds. The number of aryl methyl sites for hydroxylation is 3. The minimum Gasteiger partial charge on any atom is -0.481 e. The maximum absolute atomic E-state index is 13.2. The van der Waals surface area contributed by atoms with E-state index < -0.39 is 5.97 Å². The Bertz CT molecular complexity index is 901. The second-order valence-electron chi connectivity index (χ2n) is 9.87. The van der Waals surface area contributed by atoms with E-state index in [1.807, 2.05) is 6.07 Å². The Morgan fingerprint density at radius 2 is 2.00 bits per heavy atom. The first-order chi connectivity index (χ1) is 16.1. The fourth-order valence-electron chi connectivity index (χ4n) is 4.04.